The summed E-state index contributed by atoms with van der Waals surface area (Å²) in [5, 5.41) is 11.1. The van der Waals surface area contributed by atoms with Crippen molar-refractivity contribution >= 4 is 35.1 Å². The average Bonchev–Trinajstić information content (AvgIpc) is 3.76. The largest absolute Gasteiger partial charge is 0.481 e. The number of rotatable bonds is 8. The number of epoxide rings is 1. The van der Waals surface area contributed by atoms with Crippen molar-refractivity contribution in [3.05, 3.63) is 104 Å². The third-order valence-electron chi connectivity index (χ3n) is 8.93. The molecule has 0 aliphatic carbocycles. The fraction of sp³-hybridized carbons (Fsp3) is 0.375. The molecule has 3 aromatic rings. The molecular formula is C32H30Cl2FNO6. The zero-order valence-electron chi connectivity index (χ0n) is 23.1. The van der Waals surface area contributed by atoms with Gasteiger partial charge in [-0.25, -0.2) is 4.39 Å². The lowest BCUT2D eigenvalue weighted by Crippen LogP contribution is -2.51. The van der Waals surface area contributed by atoms with Gasteiger partial charge in [0, 0.05) is 35.9 Å². The van der Waals surface area contributed by atoms with Crippen LogP contribution in [0.25, 0.3) is 0 Å². The highest BCUT2D eigenvalue weighted by atomic mass is 35.5. The van der Waals surface area contributed by atoms with Crippen LogP contribution in [0, 0.1) is 17.7 Å². The third-order valence-corrected chi connectivity index (χ3v) is 9.43. The number of carbonyl (C=O) groups is 2. The molecule has 3 unspecified atom stereocenters. The number of hydrogen-bond acceptors (Lipinski definition) is 5. The maximum Gasteiger partial charge on any atom is 0.308 e. The summed E-state index contributed by atoms with van der Waals surface area (Å²) in [5.74, 6) is -3.32. The van der Waals surface area contributed by atoms with Crippen LogP contribution in [0.3, 0.4) is 0 Å². The molecule has 1 amide bonds. The average molecular weight is 614 g/mol. The monoisotopic (exact) mass is 613 g/mol. The lowest BCUT2D eigenvalue weighted by Gasteiger charge is -2.44. The molecule has 0 saturated carbocycles. The first kappa shape index (κ1) is 29.1. The molecule has 7 nitrogen and oxygen atoms in total. The van der Waals surface area contributed by atoms with Crippen molar-refractivity contribution in [2.45, 2.75) is 37.1 Å². The van der Waals surface area contributed by atoms with Crippen LogP contribution in [0.5, 0.6) is 0 Å². The summed E-state index contributed by atoms with van der Waals surface area (Å²) >= 11 is 12.4. The summed E-state index contributed by atoms with van der Waals surface area (Å²) in [6.45, 7) is 3.12. The van der Waals surface area contributed by atoms with Gasteiger partial charge in [-0.3, -0.25) is 14.5 Å². The van der Waals surface area contributed by atoms with Gasteiger partial charge in [-0.05, 0) is 73.2 Å². The van der Waals surface area contributed by atoms with E-state index in [9.17, 15) is 14.7 Å². The van der Waals surface area contributed by atoms with E-state index in [1.807, 2.05) is 0 Å². The molecule has 0 bridgehead atoms. The molecule has 3 aromatic carbocycles. The second-order valence-electron chi connectivity index (χ2n) is 11.1. The Kier molecular flexibility index (Phi) is 7.56. The van der Waals surface area contributed by atoms with E-state index in [1.165, 1.54) is 25.0 Å². The van der Waals surface area contributed by atoms with Gasteiger partial charge in [-0.15, -0.1) is 0 Å². The number of methoxy groups -OCH3 is 1. The first-order chi connectivity index (χ1) is 20.1. The summed E-state index contributed by atoms with van der Waals surface area (Å²) in [5.41, 5.74) is -0.879. The van der Waals surface area contributed by atoms with E-state index in [-0.39, 0.29) is 17.0 Å². The van der Waals surface area contributed by atoms with Crippen LogP contribution in [0.4, 0.5) is 4.39 Å². The highest BCUT2D eigenvalue weighted by molar-refractivity contribution is 6.30. The number of carbonyl (C=O) groups excluding carboxylic acids is 1. The molecule has 4 atom stereocenters. The maximum absolute atomic E-state index is 16.6. The van der Waals surface area contributed by atoms with Gasteiger partial charge in [0.15, 0.2) is 5.72 Å². The Hall–Kier alpha value is -3.01. The van der Waals surface area contributed by atoms with Crippen LogP contribution >= 0.6 is 23.2 Å². The molecule has 0 radical (unpaired) electrons. The summed E-state index contributed by atoms with van der Waals surface area (Å²) < 4.78 is 34.4. The van der Waals surface area contributed by atoms with Crippen molar-refractivity contribution in [1.82, 2.24) is 4.90 Å². The summed E-state index contributed by atoms with van der Waals surface area (Å²) in [7, 11) is 1.38. The van der Waals surface area contributed by atoms with Gasteiger partial charge in [-0.1, -0.05) is 47.5 Å². The molecule has 2 saturated heterocycles. The number of fused-ring (bicyclic) bond motifs is 1. The fourth-order valence-electron chi connectivity index (χ4n) is 6.69. The molecule has 2 fully saturated rings. The molecule has 0 aromatic heterocycles. The van der Waals surface area contributed by atoms with Crippen LogP contribution in [-0.4, -0.2) is 48.8 Å². The molecular weight excluding hydrogens is 584 g/mol. The summed E-state index contributed by atoms with van der Waals surface area (Å²) in [6.07, 6.45) is 1.53. The number of hydrogen-bond donors (Lipinski definition) is 1. The topological polar surface area (TPSA) is 88.6 Å². The van der Waals surface area contributed by atoms with Crippen LogP contribution < -0.4 is 0 Å². The highest BCUT2D eigenvalue weighted by Crippen LogP contribution is 2.55. The number of nitrogens with zero attached hydrogens (tertiary/aromatic N) is 1. The number of carboxylic acid groups (broad SMARTS) is 1. The predicted octanol–water partition coefficient (Wildman–Crippen LogP) is 6.55. The SMILES string of the molecule is CO[C@]1(c2ccc(Cl)cc2)c2c(F)cc(C3(C4CCOCC4)CO3)cc2C(=O)N1C(c1ccc(Cl)cc1)C(C)C(=O)O. The molecule has 3 aliphatic rings. The minimum absolute atomic E-state index is 0.0143. The number of carboxylic acids is 1. The number of amides is 1. The minimum Gasteiger partial charge on any atom is -0.481 e. The van der Waals surface area contributed by atoms with Gasteiger partial charge in [0.1, 0.15) is 11.4 Å². The standard InChI is InChI=1S/C32H30Cl2FNO6/c1-18(30(38)39)28(19-3-7-23(33)8-4-19)36-29(37)25-15-22(31(17-42-31)20-11-13-41-14-12-20)16-26(35)27(25)32(36,40-2)21-5-9-24(34)10-6-21/h3-10,15-16,18,20,28H,11-14,17H2,1-2H3,(H,38,39)/t18?,28?,31?,32-/m1/s1. The van der Waals surface area contributed by atoms with Crippen molar-refractivity contribution in [3.8, 4) is 0 Å². The Labute approximate surface area is 253 Å². The Morgan fingerprint density at radius 2 is 1.64 bits per heavy atom. The van der Waals surface area contributed by atoms with Crippen LogP contribution in [0.15, 0.2) is 60.7 Å². The second-order valence-corrected chi connectivity index (χ2v) is 12.0. The van der Waals surface area contributed by atoms with E-state index in [0.29, 0.717) is 46.6 Å². The lowest BCUT2D eigenvalue weighted by molar-refractivity contribution is -0.149. The molecule has 42 heavy (non-hydrogen) atoms. The van der Waals surface area contributed by atoms with Crippen LogP contribution in [0.2, 0.25) is 10.0 Å². The van der Waals surface area contributed by atoms with Crippen molar-refractivity contribution < 1.29 is 33.3 Å². The Balaban J connectivity index is 1.59. The second kappa shape index (κ2) is 10.9. The molecule has 6 rings (SSSR count). The van der Waals surface area contributed by atoms with Crippen molar-refractivity contribution in [2.24, 2.45) is 11.8 Å². The third kappa shape index (κ3) is 4.52. The molecule has 3 aliphatic heterocycles. The Morgan fingerprint density at radius 1 is 1.05 bits per heavy atom. The number of ether oxygens (including phenoxy) is 3. The lowest BCUT2D eigenvalue weighted by atomic mass is 9.80. The van der Waals surface area contributed by atoms with E-state index < -0.39 is 41.0 Å². The summed E-state index contributed by atoms with van der Waals surface area (Å²) in [4.78, 5) is 28.5. The molecule has 3 heterocycles. The quantitative estimate of drug-likeness (QED) is 0.290. The fourth-order valence-corrected chi connectivity index (χ4v) is 6.95. The first-order valence-corrected chi connectivity index (χ1v) is 14.6. The van der Waals surface area contributed by atoms with Crippen LogP contribution in [-0.2, 0) is 30.3 Å². The highest BCUT2D eigenvalue weighted by Gasteiger charge is 2.60. The van der Waals surface area contributed by atoms with Gasteiger partial charge < -0.3 is 19.3 Å². The van der Waals surface area contributed by atoms with Crippen molar-refractivity contribution in [1.29, 1.82) is 0 Å². The zero-order chi connectivity index (χ0) is 29.8. The summed E-state index contributed by atoms with van der Waals surface area (Å²) in [6, 6.07) is 15.2. The van der Waals surface area contributed by atoms with Gasteiger partial charge in [0.05, 0.1) is 29.7 Å². The molecule has 0 spiro atoms. The van der Waals surface area contributed by atoms with Crippen LogP contribution in [0.1, 0.15) is 58.4 Å². The molecule has 1 N–H and O–H groups in total. The molecule has 220 valence electrons. The maximum atomic E-state index is 16.6. The molecule has 10 heteroatoms. The normalized spacial score (nSPS) is 25.3. The van der Waals surface area contributed by atoms with E-state index >= 15 is 4.39 Å². The van der Waals surface area contributed by atoms with E-state index in [0.717, 1.165) is 12.8 Å². The minimum atomic E-state index is -1.80. The first-order valence-electron chi connectivity index (χ1n) is 13.8. The number of aliphatic carboxylic acids is 1. The number of benzene rings is 3. The van der Waals surface area contributed by atoms with Crippen molar-refractivity contribution in [3.63, 3.8) is 0 Å². The van der Waals surface area contributed by atoms with E-state index in [1.54, 1.807) is 54.6 Å². The zero-order valence-corrected chi connectivity index (χ0v) is 24.6. The smallest absolute Gasteiger partial charge is 0.308 e. The van der Waals surface area contributed by atoms with Gasteiger partial charge in [0.2, 0.25) is 0 Å². The Morgan fingerprint density at radius 3 is 2.19 bits per heavy atom. The van der Waals surface area contributed by atoms with Gasteiger partial charge >= 0.3 is 5.97 Å². The van der Waals surface area contributed by atoms with E-state index in [4.69, 9.17) is 37.4 Å². The Bertz CT molecular complexity index is 1520. The van der Waals surface area contributed by atoms with E-state index in [2.05, 4.69) is 0 Å². The van der Waals surface area contributed by atoms with Gasteiger partial charge in [0.25, 0.3) is 5.91 Å². The van der Waals surface area contributed by atoms with Crippen molar-refractivity contribution in [2.75, 3.05) is 26.9 Å². The van der Waals surface area contributed by atoms with Gasteiger partial charge in [-0.2, -0.15) is 0 Å². The predicted molar refractivity (Wildman–Crippen MR) is 154 cm³/mol. The number of halogens is 3.